The Hall–Kier alpha value is -1.26. The number of aliphatic carboxylic acids is 1. The van der Waals surface area contributed by atoms with Crippen LogP contribution >= 0.6 is 0 Å². The van der Waals surface area contributed by atoms with E-state index < -0.39 is 11.9 Å². The number of carboxylic acid groups (broad SMARTS) is 1. The van der Waals surface area contributed by atoms with Gasteiger partial charge in [0.15, 0.2) is 0 Å². The standard InChI is InChI=1S/C14H28N2O3/c1-10(2)9-16(6)13(19)15-8-11(12(17)18)7-14(3,4)5/h10-11H,7-9H2,1-6H3,(H,15,19)(H,17,18). The summed E-state index contributed by atoms with van der Waals surface area (Å²) in [5.74, 6) is -1.02. The number of hydrogen-bond acceptors (Lipinski definition) is 2. The van der Waals surface area contributed by atoms with Gasteiger partial charge in [-0.05, 0) is 17.8 Å². The second-order valence-electron chi connectivity index (χ2n) is 6.76. The summed E-state index contributed by atoms with van der Waals surface area (Å²) in [4.78, 5) is 24.5. The quantitative estimate of drug-likeness (QED) is 0.780. The second kappa shape index (κ2) is 7.36. The van der Waals surface area contributed by atoms with Crippen LogP contribution in [0.2, 0.25) is 0 Å². The number of carboxylic acids is 1. The maximum absolute atomic E-state index is 11.8. The highest BCUT2D eigenvalue weighted by Crippen LogP contribution is 2.24. The molecule has 0 spiro atoms. The van der Waals surface area contributed by atoms with Gasteiger partial charge in [0.2, 0.25) is 0 Å². The van der Waals surface area contributed by atoms with Crippen LogP contribution in [0.25, 0.3) is 0 Å². The highest BCUT2D eigenvalue weighted by atomic mass is 16.4. The molecule has 5 nitrogen and oxygen atoms in total. The summed E-state index contributed by atoms with van der Waals surface area (Å²) in [6.07, 6.45) is 0.538. The molecule has 0 bridgehead atoms. The summed E-state index contributed by atoms with van der Waals surface area (Å²) < 4.78 is 0. The van der Waals surface area contributed by atoms with Crippen molar-refractivity contribution in [1.82, 2.24) is 10.2 Å². The van der Waals surface area contributed by atoms with E-state index in [9.17, 15) is 9.59 Å². The zero-order valence-corrected chi connectivity index (χ0v) is 13.0. The molecule has 0 radical (unpaired) electrons. The maximum Gasteiger partial charge on any atom is 0.317 e. The fraction of sp³-hybridized carbons (Fsp3) is 0.857. The van der Waals surface area contributed by atoms with Crippen molar-refractivity contribution in [2.45, 2.75) is 41.0 Å². The fourth-order valence-corrected chi connectivity index (χ4v) is 1.96. The molecule has 0 aliphatic carbocycles. The van der Waals surface area contributed by atoms with Crippen LogP contribution in [0.3, 0.4) is 0 Å². The van der Waals surface area contributed by atoms with Crippen LogP contribution in [0, 0.1) is 17.3 Å². The topological polar surface area (TPSA) is 69.6 Å². The third kappa shape index (κ3) is 8.46. The largest absolute Gasteiger partial charge is 0.481 e. The summed E-state index contributed by atoms with van der Waals surface area (Å²) >= 11 is 0. The van der Waals surface area contributed by atoms with Crippen LogP contribution in [-0.4, -0.2) is 42.1 Å². The van der Waals surface area contributed by atoms with Gasteiger partial charge in [0.25, 0.3) is 0 Å². The molecule has 0 heterocycles. The summed E-state index contributed by atoms with van der Waals surface area (Å²) in [5, 5.41) is 11.9. The normalized spacial score (nSPS) is 13.2. The van der Waals surface area contributed by atoms with E-state index in [1.54, 1.807) is 11.9 Å². The summed E-state index contributed by atoms with van der Waals surface area (Å²) in [7, 11) is 1.72. The minimum absolute atomic E-state index is 0.0718. The van der Waals surface area contributed by atoms with Crippen molar-refractivity contribution in [3.8, 4) is 0 Å². The number of hydrogen-bond donors (Lipinski definition) is 2. The number of rotatable bonds is 6. The lowest BCUT2D eigenvalue weighted by molar-refractivity contribution is -0.142. The number of urea groups is 1. The molecule has 19 heavy (non-hydrogen) atoms. The van der Waals surface area contributed by atoms with Crippen molar-refractivity contribution >= 4 is 12.0 Å². The Labute approximate surface area is 116 Å². The monoisotopic (exact) mass is 272 g/mol. The van der Waals surface area contributed by atoms with Crippen LogP contribution < -0.4 is 5.32 Å². The molecule has 112 valence electrons. The van der Waals surface area contributed by atoms with E-state index in [1.165, 1.54) is 0 Å². The molecule has 5 heteroatoms. The first-order valence-electron chi connectivity index (χ1n) is 6.74. The zero-order valence-electron chi connectivity index (χ0n) is 13.0. The molecule has 0 aromatic rings. The Kier molecular flexibility index (Phi) is 6.87. The van der Waals surface area contributed by atoms with E-state index in [-0.39, 0.29) is 18.0 Å². The van der Waals surface area contributed by atoms with Gasteiger partial charge in [-0.25, -0.2) is 4.79 Å². The van der Waals surface area contributed by atoms with Crippen molar-refractivity contribution in [2.75, 3.05) is 20.1 Å². The van der Waals surface area contributed by atoms with Crippen LogP contribution in [0.5, 0.6) is 0 Å². The average molecular weight is 272 g/mol. The number of carbonyl (C=O) groups excluding carboxylic acids is 1. The maximum atomic E-state index is 11.8. The Bertz CT molecular complexity index is 308. The van der Waals surface area contributed by atoms with E-state index in [2.05, 4.69) is 5.32 Å². The van der Waals surface area contributed by atoms with Crippen molar-refractivity contribution in [3.63, 3.8) is 0 Å². The van der Waals surface area contributed by atoms with E-state index in [1.807, 2.05) is 34.6 Å². The average Bonchev–Trinajstić information content (AvgIpc) is 2.20. The fourth-order valence-electron chi connectivity index (χ4n) is 1.96. The first kappa shape index (κ1) is 17.7. The van der Waals surface area contributed by atoms with E-state index in [0.29, 0.717) is 18.9 Å². The number of nitrogens with one attached hydrogen (secondary N) is 1. The number of carbonyl (C=O) groups is 2. The van der Waals surface area contributed by atoms with Gasteiger partial charge in [0, 0.05) is 20.1 Å². The Balaban J connectivity index is 4.33. The molecule has 1 unspecified atom stereocenters. The Morgan fingerprint density at radius 1 is 1.26 bits per heavy atom. The molecule has 0 aliphatic heterocycles. The molecule has 2 amide bonds. The van der Waals surface area contributed by atoms with E-state index in [4.69, 9.17) is 5.11 Å². The van der Waals surface area contributed by atoms with Gasteiger partial charge in [-0.3, -0.25) is 4.79 Å². The third-order valence-corrected chi connectivity index (χ3v) is 2.69. The van der Waals surface area contributed by atoms with E-state index >= 15 is 0 Å². The first-order valence-corrected chi connectivity index (χ1v) is 6.74. The van der Waals surface area contributed by atoms with Crippen LogP contribution in [0.4, 0.5) is 4.79 Å². The molecule has 0 rings (SSSR count). The van der Waals surface area contributed by atoms with Crippen molar-refractivity contribution < 1.29 is 14.7 Å². The highest BCUT2D eigenvalue weighted by Gasteiger charge is 2.25. The van der Waals surface area contributed by atoms with Crippen LogP contribution in [-0.2, 0) is 4.79 Å². The van der Waals surface area contributed by atoms with Gasteiger partial charge < -0.3 is 15.3 Å². The second-order valence-corrected chi connectivity index (χ2v) is 6.76. The lowest BCUT2D eigenvalue weighted by Crippen LogP contribution is -2.42. The predicted molar refractivity (Wildman–Crippen MR) is 76.1 cm³/mol. The van der Waals surface area contributed by atoms with Gasteiger partial charge in [-0.2, -0.15) is 0 Å². The molecule has 0 saturated carbocycles. The SMILES string of the molecule is CC(C)CN(C)C(=O)NCC(CC(C)(C)C)C(=O)O. The Morgan fingerprint density at radius 2 is 1.79 bits per heavy atom. The van der Waals surface area contributed by atoms with Crippen molar-refractivity contribution in [2.24, 2.45) is 17.3 Å². The Morgan fingerprint density at radius 3 is 2.16 bits per heavy atom. The minimum atomic E-state index is -0.860. The molecule has 2 N–H and O–H groups in total. The first-order chi connectivity index (χ1) is 8.53. The number of nitrogens with zero attached hydrogens (tertiary/aromatic N) is 1. The van der Waals surface area contributed by atoms with Gasteiger partial charge in [0.05, 0.1) is 5.92 Å². The lowest BCUT2D eigenvalue weighted by atomic mass is 9.84. The van der Waals surface area contributed by atoms with E-state index in [0.717, 1.165) is 0 Å². The van der Waals surface area contributed by atoms with Crippen molar-refractivity contribution in [1.29, 1.82) is 0 Å². The molecule has 0 fully saturated rings. The van der Waals surface area contributed by atoms with Gasteiger partial charge >= 0.3 is 12.0 Å². The van der Waals surface area contributed by atoms with Gasteiger partial charge in [-0.1, -0.05) is 34.6 Å². The van der Waals surface area contributed by atoms with Crippen LogP contribution in [0.1, 0.15) is 41.0 Å². The highest BCUT2D eigenvalue weighted by molar-refractivity contribution is 5.75. The predicted octanol–water partition coefficient (Wildman–Crippen LogP) is 2.42. The van der Waals surface area contributed by atoms with Crippen molar-refractivity contribution in [3.05, 3.63) is 0 Å². The third-order valence-electron chi connectivity index (χ3n) is 2.69. The minimum Gasteiger partial charge on any atom is -0.481 e. The van der Waals surface area contributed by atoms with Crippen LogP contribution in [0.15, 0.2) is 0 Å². The number of amides is 2. The molecule has 1 atom stereocenters. The zero-order chi connectivity index (χ0) is 15.2. The smallest absolute Gasteiger partial charge is 0.317 e. The summed E-state index contributed by atoms with van der Waals surface area (Å²) in [5.41, 5.74) is -0.0718. The molecular weight excluding hydrogens is 244 g/mol. The van der Waals surface area contributed by atoms with Gasteiger partial charge in [0.1, 0.15) is 0 Å². The molecule has 0 aliphatic rings. The summed E-state index contributed by atoms with van der Waals surface area (Å²) in [6.45, 7) is 10.9. The molecule has 0 saturated heterocycles. The molecule has 0 aromatic heterocycles. The lowest BCUT2D eigenvalue weighted by Gasteiger charge is -2.25. The molecular formula is C14H28N2O3. The molecule has 0 aromatic carbocycles. The summed E-state index contributed by atoms with van der Waals surface area (Å²) in [6, 6.07) is -0.214. The van der Waals surface area contributed by atoms with Gasteiger partial charge in [-0.15, -0.1) is 0 Å².